The van der Waals surface area contributed by atoms with Gasteiger partial charge in [-0.15, -0.1) is 0 Å². The van der Waals surface area contributed by atoms with Gasteiger partial charge in [0.1, 0.15) is 0 Å². The van der Waals surface area contributed by atoms with E-state index in [4.69, 9.17) is 4.74 Å². The van der Waals surface area contributed by atoms with Gasteiger partial charge >= 0.3 is 0 Å². The minimum Gasteiger partial charge on any atom is -0.487 e. The lowest BCUT2D eigenvalue weighted by Crippen LogP contribution is -2.21. The fourth-order valence-corrected chi connectivity index (χ4v) is 2.31. The van der Waals surface area contributed by atoms with Gasteiger partial charge < -0.3 is 9.46 Å². The summed E-state index contributed by atoms with van der Waals surface area (Å²) in [4.78, 5) is 24.4. The van der Waals surface area contributed by atoms with E-state index in [2.05, 4.69) is 4.72 Å². The Kier molecular flexibility index (Phi) is 3.95. The number of fused-ring (bicyclic) bond motifs is 1. The molecule has 1 aliphatic rings. The number of carbonyl (C=O) groups is 2. The monoisotopic (exact) mass is 277 g/mol. The van der Waals surface area contributed by atoms with E-state index in [-0.39, 0.29) is 23.4 Å². The van der Waals surface area contributed by atoms with Crippen LogP contribution in [0.2, 0.25) is 0 Å². The Morgan fingerprint density at radius 2 is 2.00 bits per heavy atom. The van der Waals surface area contributed by atoms with E-state index >= 15 is 0 Å². The van der Waals surface area contributed by atoms with Crippen LogP contribution >= 0.6 is 11.9 Å². The smallest absolute Gasteiger partial charge is 0.230 e. The van der Waals surface area contributed by atoms with Crippen LogP contribution in [0, 0.1) is 0 Å². The largest absolute Gasteiger partial charge is 0.487 e. The molecule has 0 fully saturated rings. The normalized spacial score (nSPS) is 14.2. The summed E-state index contributed by atoms with van der Waals surface area (Å²) >= 11 is 1.37. The van der Waals surface area contributed by atoms with Gasteiger partial charge in [-0.05, 0) is 19.9 Å². The molecule has 19 heavy (non-hydrogen) atoms. The number of ketones is 2. The second-order valence-electron chi connectivity index (χ2n) is 4.40. The Morgan fingerprint density at radius 1 is 1.26 bits per heavy atom. The molecular formula is C14H15NO3S. The highest BCUT2D eigenvalue weighted by molar-refractivity contribution is 7.99. The fraction of sp³-hybridized carbons (Fsp3) is 0.286. The molecule has 1 aliphatic carbocycles. The van der Waals surface area contributed by atoms with E-state index in [0.29, 0.717) is 16.8 Å². The molecule has 0 radical (unpaired) electrons. The number of hydrogen-bond acceptors (Lipinski definition) is 5. The summed E-state index contributed by atoms with van der Waals surface area (Å²) in [6, 6.07) is 5.19. The van der Waals surface area contributed by atoms with E-state index in [9.17, 15) is 9.59 Å². The summed E-state index contributed by atoms with van der Waals surface area (Å²) in [6.45, 7) is 3.64. The second kappa shape index (κ2) is 5.48. The van der Waals surface area contributed by atoms with E-state index in [1.807, 2.05) is 20.1 Å². The average Bonchev–Trinajstić information content (AvgIpc) is 2.35. The number of nitrogens with one attached hydrogen (secondary N) is 1. The van der Waals surface area contributed by atoms with Crippen molar-refractivity contribution >= 4 is 29.2 Å². The van der Waals surface area contributed by atoms with Crippen molar-refractivity contribution < 1.29 is 14.3 Å². The quantitative estimate of drug-likeness (QED) is 0.857. The lowest BCUT2D eigenvalue weighted by molar-refractivity contribution is 0.0812. The molecule has 0 saturated carbocycles. The minimum atomic E-state index is -0.250. The van der Waals surface area contributed by atoms with Gasteiger partial charge in [0.15, 0.2) is 11.5 Å². The molecule has 0 saturated heterocycles. The topological polar surface area (TPSA) is 55.4 Å². The molecule has 1 aromatic rings. The molecule has 0 aliphatic heterocycles. The molecule has 100 valence electrons. The molecule has 1 N–H and O–H groups in total. The van der Waals surface area contributed by atoms with E-state index in [0.717, 1.165) is 0 Å². The predicted octanol–water partition coefficient (Wildman–Crippen LogP) is 3.06. The van der Waals surface area contributed by atoms with Crippen molar-refractivity contribution in [3.63, 3.8) is 0 Å². The molecule has 0 heterocycles. The van der Waals surface area contributed by atoms with Crippen LogP contribution in [0.5, 0.6) is 0 Å². The van der Waals surface area contributed by atoms with Gasteiger partial charge in [-0.1, -0.05) is 24.1 Å². The van der Waals surface area contributed by atoms with Crippen molar-refractivity contribution in [2.45, 2.75) is 20.0 Å². The maximum Gasteiger partial charge on any atom is 0.230 e. The highest BCUT2D eigenvalue weighted by atomic mass is 32.2. The zero-order valence-electron chi connectivity index (χ0n) is 11.0. The van der Waals surface area contributed by atoms with Crippen molar-refractivity contribution in [2.75, 3.05) is 11.0 Å². The highest BCUT2D eigenvalue weighted by Crippen LogP contribution is 2.30. The van der Waals surface area contributed by atoms with E-state index in [1.54, 1.807) is 18.2 Å². The van der Waals surface area contributed by atoms with Crippen LogP contribution in [0.1, 0.15) is 34.6 Å². The molecule has 0 unspecified atom stereocenters. The molecule has 0 amide bonds. The molecule has 1 aromatic carbocycles. The van der Waals surface area contributed by atoms with Gasteiger partial charge in [0.05, 0.1) is 17.4 Å². The lowest BCUT2D eigenvalue weighted by Gasteiger charge is -2.20. The fourth-order valence-electron chi connectivity index (χ4n) is 1.92. The van der Waals surface area contributed by atoms with E-state index in [1.165, 1.54) is 18.0 Å². The average molecular weight is 277 g/mol. The SMILES string of the molecule is CSNc1cccc2c1C(=O)C(OC(C)C)=CC2=O. The van der Waals surface area contributed by atoms with Gasteiger partial charge in [-0.25, -0.2) is 0 Å². The first-order valence-corrected chi connectivity index (χ1v) is 7.16. The number of Topliss-reactive ketones (excluding diaryl/α,β-unsaturated/α-hetero) is 1. The van der Waals surface area contributed by atoms with Crippen LogP contribution in [0.15, 0.2) is 30.0 Å². The van der Waals surface area contributed by atoms with Gasteiger partial charge in [-0.3, -0.25) is 9.59 Å². The molecule has 0 bridgehead atoms. The Hall–Kier alpha value is -1.75. The number of carbonyl (C=O) groups excluding carboxylic acids is 2. The van der Waals surface area contributed by atoms with Gasteiger partial charge in [-0.2, -0.15) is 0 Å². The second-order valence-corrected chi connectivity index (χ2v) is 5.02. The lowest BCUT2D eigenvalue weighted by atomic mass is 9.92. The predicted molar refractivity (Wildman–Crippen MR) is 76.5 cm³/mol. The van der Waals surface area contributed by atoms with Crippen molar-refractivity contribution in [1.29, 1.82) is 0 Å². The summed E-state index contributed by atoms with van der Waals surface area (Å²) in [5.74, 6) is -0.335. The summed E-state index contributed by atoms with van der Waals surface area (Å²) in [6.07, 6.45) is 2.98. The molecule has 0 atom stereocenters. The maximum absolute atomic E-state index is 12.4. The van der Waals surface area contributed by atoms with Crippen LogP contribution in [-0.2, 0) is 4.74 Å². The first-order valence-electron chi connectivity index (χ1n) is 5.94. The first-order chi connectivity index (χ1) is 9.04. The van der Waals surface area contributed by atoms with Crippen LogP contribution in [0.25, 0.3) is 0 Å². The number of allylic oxidation sites excluding steroid dienone is 2. The van der Waals surface area contributed by atoms with Gasteiger partial charge in [0.25, 0.3) is 0 Å². The Morgan fingerprint density at radius 3 is 2.63 bits per heavy atom. The number of benzene rings is 1. The van der Waals surface area contributed by atoms with Crippen LogP contribution in [0.4, 0.5) is 5.69 Å². The van der Waals surface area contributed by atoms with Crippen molar-refractivity contribution in [2.24, 2.45) is 0 Å². The van der Waals surface area contributed by atoms with Crippen LogP contribution < -0.4 is 4.72 Å². The maximum atomic E-state index is 12.4. The third-order valence-corrected chi connectivity index (χ3v) is 3.04. The number of rotatable bonds is 4. The Bertz CT molecular complexity index is 564. The molecule has 0 aromatic heterocycles. The van der Waals surface area contributed by atoms with Gasteiger partial charge in [0, 0.05) is 17.9 Å². The third kappa shape index (κ3) is 2.66. The van der Waals surface area contributed by atoms with Crippen molar-refractivity contribution in [3.8, 4) is 0 Å². The third-order valence-electron chi connectivity index (χ3n) is 2.62. The minimum absolute atomic E-state index is 0.114. The molecular weight excluding hydrogens is 262 g/mol. The molecule has 5 heteroatoms. The molecule has 0 spiro atoms. The summed E-state index contributed by atoms with van der Waals surface area (Å²) in [5, 5.41) is 0. The molecule has 4 nitrogen and oxygen atoms in total. The number of anilines is 1. The first kappa shape index (κ1) is 13.7. The highest BCUT2D eigenvalue weighted by Gasteiger charge is 2.29. The number of hydrogen-bond donors (Lipinski definition) is 1. The van der Waals surface area contributed by atoms with E-state index < -0.39 is 0 Å². The summed E-state index contributed by atoms with van der Waals surface area (Å²) < 4.78 is 8.44. The Labute approximate surface area is 116 Å². The summed E-state index contributed by atoms with van der Waals surface area (Å²) in [5.41, 5.74) is 1.45. The zero-order chi connectivity index (χ0) is 14.0. The Balaban J connectivity index is 2.49. The molecule has 2 rings (SSSR count). The van der Waals surface area contributed by atoms with Crippen LogP contribution in [0.3, 0.4) is 0 Å². The zero-order valence-corrected chi connectivity index (χ0v) is 11.8. The standard InChI is InChI=1S/C14H15NO3S/c1-8(2)18-12-7-11(16)9-5-4-6-10(15-19-3)13(9)14(12)17/h4-8,15H,1-3H3. The van der Waals surface area contributed by atoms with Crippen molar-refractivity contribution in [3.05, 3.63) is 41.2 Å². The summed E-state index contributed by atoms with van der Waals surface area (Å²) in [7, 11) is 0. The number of ether oxygens (including phenoxy) is 1. The van der Waals surface area contributed by atoms with Crippen molar-refractivity contribution in [1.82, 2.24) is 0 Å². The van der Waals surface area contributed by atoms with Gasteiger partial charge in [0.2, 0.25) is 5.78 Å². The van der Waals surface area contributed by atoms with Crippen LogP contribution in [-0.4, -0.2) is 23.9 Å².